The fourth-order valence-corrected chi connectivity index (χ4v) is 0. The first-order valence-corrected chi connectivity index (χ1v) is 13.6. The predicted octanol–water partition coefficient (Wildman–Crippen LogP) is -1.41. The number of rotatable bonds is 0. The maximum absolute atomic E-state index is 10.4. The molecule has 7 N–H and O–H groups in total. The molecule has 0 aromatic rings. The summed E-state index contributed by atoms with van der Waals surface area (Å²) in [6.45, 7) is 0. The van der Waals surface area contributed by atoms with Crippen molar-refractivity contribution in [1.29, 1.82) is 0 Å². The molecule has 0 heterocycles. The number of halogens is 1. The number of hydrogen-bond acceptors (Lipinski definition) is 6. The predicted molar refractivity (Wildman–Crippen MR) is 104 cm³/mol. The van der Waals surface area contributed by atoms with Crippen molar-refractivity contribution < 1.29 is 62.4 Å². The van der Waals surface area contributed by atoms with Crippen LogP contribution in [0.2, 0.25) is 0 Å². The molecule has 0 amide bonds. The zero-order valence-corrected chi connectivity index (χ0v) is 18.4. The van der Waals surface area contributed by atoms with Gasteiger partial charge < -0.3 is 22.8 Å². The van der Waals surface area contributed by atoms with E-state index in [1.807, 2.05) is 0 Å². The molecule has 5 unspecified atom stereocenters. The van der Waals surface area contributed by atoms with Gasteiger partial charge in [-0.05, 0) is 0 Å². The van der Waals surface area contributed by atoms with E-state index < -0.39 is 63.3 Å². The average Bonchev–Trinajstić information content (AvgIpc) is 2.06. The van der Waals surface area contributed by atoms with Crippen molar-refractivity contribution in [2.75, 3.05) is 31.3 Å². The summed E-state index contributed by atoms with van der Waals surface area (Å²) in [5.41, 5.74) is 0. The molecule has 0 aromatic carbocycles. The van der Waals surface area contributed by atoms with Crippen molar-refractivity contribution in [3.05, 3.63) is 0 Å². The van der Waals surface area contributed by atoms with Gasteiger partial charge in [-0.15, -0.1) is 4.20 Å². The third kappa shape index (κ3) is 9830. The van der Waals surface area contributed by atoms with E-state index in [9.17, 15) is 4.20 Å². The van der Waals surface area contributed by atoms with Gasteiger partial charge in [0.2, 0.25) is 0 Å². The standard InChI is InChI=1S/5CH4O2S.FH2O3P.Li.H/c5*1-4(2)3;1-5(2,3)4;;/h5*1H3,(H,2,3);(H2,2,3,4);;. The van der Waals surface area contributed by atoms with E-state index >= 15 is 0 Å². The quantitative estimate of drug-likeness (QED) is 0.113. The van der Waals surface area contributed by atoms with E-state index in [0.29, 0.717) is 0 Å². The Bertz CT molecular complexity index is 347. The molecule has 26 heavy (non-hydrogen) atoms. The summed E-state index contributed by atoms with van der Waals surface area (Å²) in [7, 11) is -5.14. The monoisotopic (exact) mass is 508 g/mol. The minimum absolute atomic E-state index is 0. The third-order valence-corrected chi connectivity index (χ3v) is 0. The average molecular weight is 508 g/mol. The Morgan fingerprint density at radius 1 is 0.577 bits per heavy atom. The first-order chi connectivity index (χ1) is 10.7. The van der Waals surface area contributed by atoms with Gasteiger partial charge in [0.15, 0.2) is 0 Å². The van der Waals surface area contributed by atoms with Crippen LogP contribution in [0.1, 0.15) is 0 Å². The first-order valence-electron chi connectivity index (χ1n) is 4.54. The zero-order valence-electron chi connectivity index (χ0n) is 13.4. The van der Waals surface area contributed by atoms with Gasteiger partial charge in [0, 0.05) is 31.3 Å². The van der Waals surface area contributed by atoms with Gasteiger partial charge in [-0.1, -0.05) is 0 Å². The molecular formula is C5H23FLiO13PS5. The summed E-state index contributed by atoms with van der Waals surface area (Å²) >= 11 is -8.06. The number of hydrogen-bond donors (Lipinski definition) is 7. The van der Waals surface area contributed by atoms with Gasteiger partial charge in [-0.25, -0.2) is 25.6 Å². The Morgan fingerprint density at radius 3 is 0.577 bits per heavy atom. The SMILES string of the molecule is CS(=O)O.CS(=O)O.CS(=O)O.CS(=O)O.CS(=O)O.O=P(O)(O)F.[LiH]. The molecular weight excluding hydrogens is 485 g/mol. The van der Waals surface area contributed by atoms with Crippen molar-refractivity contribution in [2.24, 2.45) is 0 Å². The van der Waals surface area contributed by atoms with E-state index in [1.165, 1.54) is 31.3 Å². The van der Waals surface area contributed by atoms with Crippen LogP contribution in [0.15, 0.2) is 0 Å². The van der Waals surface area contributed by atoms with Gasteiger partial charge in [-0.2, -0.15) is 0 Å². The molecule has 0 spiro atoms. The van der Waals surface area contributed by atoms with Crippen LogP contribution in [-0.2, 0) is 60.0 Å². The summed E-state index contributed by atoms with van der Waals surface area (Å²) in [6.07, 6.45) is 5.97. The van der Waals surface area contributed by atoms with Crippen molar-refractivity contribution in [3.8, 4) is 0 Å². The Labute approximate surface area is 175 Å². The van der Waals surface area contributed by atoms with Crippen LogP contribution < -0.4 is 0 Å². The van der Waals surface area contributed by atoms with Crippen molar-refractivity contribution >= 4 is 82.2 Å². The van der Waals surface area contributed by atoms with Crippen molar-refractivity contribution in [2.45, 2.75) is 0 Å². The second-order valence-corrected chi connectivity index (χ2v) is 7.78. The molecule has 0 aromatic heterocycles. The molecule has 0 rings (SSSR count). The van der Waals surface area contributed by atoms with E-state index in [1.54, 1.807) is 0 Å². The first kappa shape index (κ1) is 45.8. The third-order valence-electron chi connectivity index (χ3n) is 0. The molecule has 0 bridgehead atoms. The normalized spacial score (nSPS) is 14.2. The molecule has 21 heteroatoms. The van der Waals surface area contributed by atoms with Gasteiger partial charge in [0.05, 0.1) is 0 Å². The molecule has 0 aliphatic rings. The Morgan fingerprint density at radius 2 is 0.577 bits per heavy atom. The van der Waals surface area contributed by atoms with Crippen LogP contribution >= 0.6 is 7.91 Å². The van der Waals surface area contributed by atoms with Gasteiger partial charge >= 0.3 is 26.8 Å². The molecule has 0 fully saturated rings. The van der Waals surface area contributed by atoms with E-state index in [0.717, 1.165) is 0 Å². The molecule has 0 radical (unpaired) electrons. The zero-order chi connectivity index (χ0) is 22.4. The Hall–Kier alpha value is 1.23. The summed E-state index contributed by atoms with van der Waals surface area (Å²) in [5, 5.41) is 0. The van der Waals surface area contributed by atoms with E-state index in [2.05, 4.69) is 0 Å². The molecule has 5 atom stereocenters. The van der Waals surface area contributed by atoms with E-state index in [4.69, 9.17) is 58.2 Å². The fourth-order valence-electron chi connectivity index (χ4n) is 0. The molecule has 0 aliphatic carbocycles. The second-order valence-electron chi connectivity index (χ2n) is 2.59. The summed E-state index contributed by atoms with van der Waals surface area (Å²) in [4.78, 5) is 13.9. The van der Waals surface area contributed by atoms with Crippen LogP contribution in [0, 0.1) is 0 Å². The topological polar surface area (TPSA) is 244 Å². The Kier molecular flexibility index (Phi) is 59.5. The summed E-state index contributed by atoms with van der Waals surface area (Å²) in [5.74, 6) is 0. The molecule has 0 saturated heterocycles. The fraction of sp³-hybridized carbons (Fsp3) is 1.00. The Balaban J connectivity index is -0.0000000331. The molecule has 0 saturated carbocycles. The summed E-state index contributed by atoms with van der Waals surface area (Å²) < 4.78 is 102. The molecule has 0 aliphatic heterocycles. The second kappa shape index (κ2) is 33.8. The van der Waals surface area contributed by atoms with Crippen LogP contribution in [0.25, 0.3) is 0 Å². The maximum atomic E-state index is 10.4. The van der Waals surface area contributed by atoms with E-state index in [-0.39, 0.29) is 18.9 Å². The van der Waals surface area contributed by atoms with Gasteiger partial charge in [0.25, 0.3) is 0 Å². The van der Waals surface area contributed by atoms with Crippen molar-refractivity contribution in [1.82, 2.24) is 0 Å². The van der Waals surface area contributed by atoms with Crippen LogP contribution in [-0.4, -0.2) is 104 Å². The molecule has 13 nitrogen and oxygen atoms in total. The minimum atomic E-state index is -5.14. The van der Waals surface area contributed by atoms with Crippen LogP contribution in [0.4, 0.5) is 4.20 Å². The van der Waals surface area contributed by atoms with Crippen LogP contribution in [0.3, 0.4) is 0 Å². The van der Waals surface area contributed by atoms with Gasteiger partial charge in [0.1, 0.15) is 55.4 Å². The van der Waals surface area contributed by atoms with Crippen LogP contribution in [0.5, 0.6) is 0 Å². The molecule has 164 valence electrons. The van der Waals surface area contributed by atoms with Crippen molar-refractivity contribution in [3.63, 3.8) is 0 Å². The summed E-state index contributed by atoms with van der Waals surface area (Å²) in [6, 6.07) is 0. The van der Waals surface area contributed by atoms with Gasteiger partial charge in [-0.3, -0.25) is 9.79 Å².